The number of ether oxygens (including phenoxy) is 1. The summed E-state index contributed by atoms with van der Waals surface area (Å²) in [5, 5.41) is 21.7. The lowest BCUT2D eigenvalue weighted by Crippen LogP contribution is -2.60. The second-order valence-corrected chi connectivity index (χ2v) is 11.6. The van der Waals surface area contributed by atoms with Crippen molar-refractivity contribution in [2.75, 3.05) is 49.6 Å². The Hall–Kier alpha value is -5.03. The zero-order valence-electron chi connectivity index (χ0n) is 24.9. The average Bonchev–Trinajstić information content (AvgIpc) is 3.71. The number of aliphatic hydroxyl groups is 1. The van der Waals surface area contributed by atoms with Crippen molar-refractivity contribution in [2.45, 2.75) is 37.2 Å². The highest BCUT2D eigenvalue weighted by Gasteiger charge is 2.41. The van der Waals surface area contributed by atoms with E-state index in [0.29, 0.717) is 49.7 Å². The fourth-order valence-corrected chi connectivity index (χ4v) is 6.32. The van der Waals surface area contributed by atoms with Crippen LogP contribution in [0.15, 0.2) is 52.4 Å². The van der Waals surface area contributed by atoms with Crippen molar-refractivity contribution >= 4 is 40.8 Å². The third kappa shape index (κ3) is 5.54. The van der Waals surface area contributed by atoms with Gasteiger partial charge in [0.2, 0.25) is 11.7 Å². The number of hydrazone groups is 1. The van der Waals surface area contributed by atoms with Gasteiger partial charge in [-0.1, -0.05) is 6.08 Å². The summed E-state index contributed by atoms with van der Waals surface area (Å²) in [6.07, 6.45) is 2.72. The fourth-order valence-electron chi connectivity index (χ4n) is 6.32. The molecule has 0 saturated carbocycles. The first-order valence-electron chi connectivity index (χ1n) is 15.1. The number of amides is 2. The molecular weight excluding hydrogens is 623 g/mol. The van der Waals surface area contributed by atoms with Crippen LogP contribution in [-0.2, 0) is 26.9 Å². The van der Waals surface area contributed by atoms with Crippen LogP contribution >= 0.6 is 0 Å². The molecule has 0 aliphatic carbocycles. The third-order valence-electron chi connectivity index (χ3n) is 8.71. The Morgan fingerprint density at radius 2 is 1.87 bits per heavy atom. The molecule has 0 radical (unpaired) electrons. The molecule has 3 N–H and O–H groups in total. The SMILES string of the molecule is O=C(Nc1ccc(C(F)(F)F)cc1)[C@H]1CCc2c(N3CCN(C(=O)C4(O)C=CC=NN4)CC3)c(=O)n3nc(C4=CCOCC4)nc3n21. The number of allylic oxidation sites excluding steroid dienone is 1. The smallest absolute Gasteiger partial charge is 0.377 e. The van der Waals surface area contributed by atoms with Gasteiger partial charge in [0.15, 0.2) is 5.82 Å². The number of alkyl halides is 3. The fraction of sp³-hybridized carbons (Fsp3) is 0.400. The van der Waals surface area contributed by atoms with Crippen molar-refractivity contribution < 1.29 is 32.6 Å². The Balaban J connectivity index is 1.22. The van der Waals surface area contributed by atoms with Gasteiger partial charge in [0.1, 0.15) is 11.7 Å². The zero-order chi connectivity index (χ0) is 32.9. The number of hydrogen-bond acceptors (Lipinski definition) is 10. The van der Waals surface area contributed by atoms with E-state index in [0.717, 1.165) is 17.7 Å². The highest BCUT2D eigenvalue weighted by atomic mass is 19.4. The van der Waals surface area contributed by atoms with Crippen LogP contribution in [0.25, 0.3) is 11.4 Å². The first-order valence-corrected chi connectivity index (χ1v) is 15.1. The Morgan fingerprint density at radius 1 is 1.11 bits per heavy atom. The molecule has 0 spiro atoms. The molecule has 4 aliphatic rings. The van der Waals surface area contributed by atoms with Crippen molar-refractivity contribution in [2.24, 2.45) is 5.10 Å². The molecule has 1 fully saturated rings. The van der Waals surface area contributed by atoms with Crippen molar-refractivity contribution in [1.82, 2.24) is 29.5 Å². The quantitative estimate of drug-likeness (QED) is 0.369. The second kappa shape index (κ2) is 11.6. The predicted molar refractivity (Wildman–Crippen MR) is 163 cm³/mol. The molecule has 1 saturated heterocycles. The van der Waals surface area contributed by atoms with Gasteiger partial charge in [0.25, 0.3) is 17.2 Å². The Bertz CT molecular complexity index is 1890. The third-order valence-corrected chi connectivity index (χ3v) is 8.71. The van der Waals surface area contributed by atoms with E-state index < -0.39 is 40.9 Å². The lowest BCUT2D eigenvalue weighted by Gasteiger charge is -2.39. The highest BCUT2D eigenvalue weighted by Crippen LogP contribution is 2.35. The summed E-state index contributed by atoms with van der Waals surface area (Å²) in [7, 11) is 0. The maximum Gasteiger partial charge on any atom is 0.416 e. The van der Waals surface area contributed by atoms with Crippen molar-refractivity contribution in [3.05, 3.63) is 69.9 Å². The van der Waals surface area contributed by atoms with Gasteiger partial charge in [-0.3, -0.25) is 24.4 Å². The van der Waals surface area contributed by atoms with Crippen LogP contribution in [0.2, 0.25) is 0 Å². The van der Waals surface area contributed by atoms with Gasteiger partial charge in [-0.2, -0.15) is 27.8 Å². The van der Waals surface area contributed by atoms with Gasteiger partial charge in [0.05, 0.1) is 24.5 Å². The van der Waals surface area contributed by atoms with Crippen LogP contribution in [0.4, 0.5) is 24.5 Å². The summed E-state index contributed by atoms with van der Waals surface area (Å²) in [6, 6.07) is 3.34. The largest absolute Gasteiger partial charge is 0.416 e. The van der Waals surface area contributed by atoms with Crippen molar-refractivity contribution in [3.63, 3.8) is 0 Å². The minimum absolute atomic E-state index is 0.174. The van der Waals surface area contributed by atoms with Gasteiger partial charge in [-0.25, -0.2) is 0 Å². The number of hydrogen-bond donors (Lipinski definition) is 3. The van der Waals surface area contributed by atoms with E-state index in [1.807, 2.05) is 11.0 Å². The maximum atomic E-state index is 14.1. The molecule has 2 amide bonds. The molecule has 47 heavy (non-hydrogen) atoms. The number of benzene rings is 1. The van der Waals surface area contributed by atoms with E-state index in [2.05, 4.69) is 20.9 Å². The van der Waals surface area contributed by atoms with Gasteiger partial charge < -0.3 is 25.0 Å². The summed E-state index contributed by atoms with van der Waals surface area (Å²) < 4.78 is 47.5. The van der Waals surface area contributed by atoms with E-state index in [1.165, 1.54) is 39.9 Å². The number of halogens is 3. The minimum atomic E-state index is -4.51. The van der Waals surface area contributed by atoms with Crippen LogP contribution in [0.5, 0.6) is 0 Å². The first kappa shape index (κ1) is 30.6. The van der Waals surface area contributed by atoms with E-state index in [9.17, 15) is 32.7 Å². The summed E-state index contributed by atoms with van der Waals surface area (Å²) >= 11 is 0. The molecule has 1 aromatic carbocycles. The number of rotatable bonds is 5. The van der Waals surface area contributed by atoms with E-state index in [4.69, 9.17) is 9.72 Å². The van der Waals surface area contributed by atoms with Gasteiger partial charge in [-0.15, -0.1) is 5.10 Å². The van der Waals surface area contributed by atoms with E-state index >= 15 is 0 Å². The first-order chi connectivity index (χ1) is 22.5. The number of nitrogens with zero attached hydrogens (tertiary/aromatic N) is 7. The van der Waals surface area contributed by atoms with Crippen LogP contribution in [0.1, 0.15) is 36.0 Å². The van der Waals surface area contributed by atoms with Gasteiger partial charge in [-0.05, 0) is 61.3 Å². The molecule has 6 heterocycles. The molecule has 3 aromatic rings. The molecule has 14 nitrogen and oxygen atoms in total. The number of carbonyl (C=O) groups is 2. The minimum Gasteiger partial charge on any atom is -0.377 e. The highest BCUT2D eigenvalue weighted by molar-refractivity contribution is 5.94. The lowest BCUT2D eigenvalue weighted by atomic mass is 10.1. The Kier molecular flexibility index (Phi) is 7.59. The molecule has 2 aromatic heterocycles. The Labute approximate surface area is 264 Å². The normalized spacial score (nSPS) is 22.6. The Morgan fingerprint density at radius 3 is 2.53 bits per heavy atom. The van der Waals surface area contributed by atoms with Crippen LogP contribution in [-0.4, -0.2) is 92.3 Å². The van der Waals surface area contributed by atoms with Crippen molar-refractivity contribution in [1.29, 1.82) is 0 Å². The van der Waals surface area contributed by atoms with Crippen LogP contribution in [0, 0.1) is 0 Å². The number of fused-ring (bicyclic) bond motifs is 3. The van der Waals surface area contributed by atoms with Gasteiger partial charge >= 0.3 is 6.18 Å². The number of anilines is 2. The molecule has 17 heteroatoms. The van der Waals surface area contributed by atoms with E-state index in [-0.39, 0.29) is 37.6 Å². The predicted octanol–water partition coefficient (Wildman–Crippen LogP) is 1.32. The summed E-state index contributed by atoms with van der Waals surface area (Å²) in [5.74, 6) is -0.541. The summed E-state index contributed by atoms with van der Waals surface area (Å²) in [4.78, 5) is 48.9. The average molecular weight is 654 g/mol. The summed E-state index contributed by atoms with van der Waals surface area (Å²) in [6.45, 7) is 1.76. The zero-order valence-corrected chi connectivity index (χ0v) is 24.9. The number of nitrogens with one attached hydrogen (secondary N) is 2. The molecule has 2 atom stereocenters. The second-order valence-electron chi connectivity index (χ2n) is 11.6. The number of aromatic nitrogens is 4. The lowest BCUT2D eigenvalue weighted by molar-refractivity contribution is -0.149. The topological polar surface area (TPSA) is 159 Å². The molecule has 0 bridgehead atoms. The maximum absolute atomic E-state index is 14.1. The van der Waals surface area contributed by atoms with Gasteiger partial charge in [0, 0.05) is 38.1 Å². The van der Waals surface area contributed by atoms with Crippen LogP contribution < -0.4 is 21.2 Å². The molecule has 7 rings (SSSR count). The molecular formula is C30H30F3N9O5. The number of piperazine rings is 1. The van der Waals surface area contributed by atoms with E-state index in [1.54, 1.807) is 4.57 Å². The molecule has 1 unspecified atom stereocenters. The molecule has 4 aliphatic heterocycles. The van der Waals surface area contributed by atoms with Crippen molar-refractivity contribution in [3.8, 4) is 0 Å². The standard InChI is InChI=1S/C30H30F3N9O5/c31-30(32,33)19-2-4-20(5-3-19)35-25(43)22-7-6-21-23(39-12-14-40(15-13-39)27(45)29(46)10-1-11-34-38-29)26(44)42-28(41(21)22)36-24(37-42)18-8-16-47-17-9-18/h1-5,8,10-11,22,38,46H,6-7,9,12-17H2,(H,35,43)/t22-,29?/m1/s1. The summed E-state index contributed by atoms with van der Waals surface area (Å²) in [5.41, 5.74) is 1.09. The van der Waals surface area contributed by atoms with Crippen LogP contribution in [0.3, 0.4) is 0 Å². The molecule has 246 valence electrons. The number of carbonyl (C=O) groups excluding carboxylic acids is 2. The monoisotopic (exact) mass is 653 g/mol.